The van der Waals surface area contributed by atoms with E-state index in [-0.39, 0.29) is 0 Å². The fourth-order valence-corrected chi connectivity index (χ4v) is 2.43. The van der Waals surface area contributed by atoms with Gasteiger partial charge in [0.25, 0.3) is 0 Å². The van der Waals surface area contributed by atoms with Gasteiger partial charge in [0, 0.05) is 24.2 Å². The Morgan fingerprint density at radius 2 is 2.05 bits per heavy atom. The van der Waals surface area contributed by atoms with Crippen LogP contribution in [0, 0.1) is 6.92 Å². The van der Waals surface area contributed by atoms with Gasteiger partial charge in [-0.15, -0.1) is 0 Å². The van der Waals surface area contributed by atoms with E-state index in [1.165, 1.54) is 5.69 Å². The van der Waals surface area contributed by atoms with Gasteiger partial charge < -0.3 is 15.1 Å². The number of aromatic nitrogens is 1. The van der Waals surface area contributed by atoms with Gasteiger partial charge in [-0.25, -0.2) is 10.8 Å². The molecule has 100 valence electrons. The summed E-state index contributed by atoms with van der Waals surface area (Å²) < 4.78 is 5.38. The third kappa shape index (κ3) is 2.34. The van der Waals surface area contributed by atoms with Crippen LogP contribution in [0.25, 0.3) is 10.9 Å². The van der Waals surface area contributed by atoms with Crippen LogP contribution in [-0.4, -0.2) is 31.3 Å². The number of hydrogen-bond donors (Lipinski definition) is 2. The Bertz CT molecular complexity index is 593. The molecular formula is C14H18N4O. The molecule has 0 unspecified atom stereocenters. The minimum atomic E-state index is 0.728. The zero-order chi connectivity index (χ0) is 13.2. The maximum Gasteiger partial charge on any atom is 0.143 e. The molecule has 0 bridgehead atoms. The first-order valence-corrected chi connectivity index (χ1v) is 6.48. The van der Waals surface area contributed by atoms with Crippen molar-refractivity contribution in [2.24, 2.45) is 5.84 Å². The molecule has 5 heteroatoms. The van der Waals surface area contributed by atoms with Crippen LogP contribution in [0.2, 0.25) is 0 Å². The van der Waals surface area contributed by atoms with E-state index in [0.29, 0.717) is 0 Å². The number of rotatable bonds is 2. The van der Waals surface area contributed by atoms with Gasteiger partial charge in [0.15, 0.2) is 0 Å². The van der Waals surface area contributed by atoms with E-state index in [4.69, 9.17) is 10.6 Å². The zero-order valence-corrected chi connectivity index (χ0v) is 11.0. The van der Waals surface area contributed by atoms with Gasteiger partial charge in [-0.3, -0.25) is 0 Å². The van der Waals surface area contributed by atoms with Crippen LogP contribution in [0.5, 0.6) is 0 Å². The maximum absolute atomic E-state index is 5.45. The van der Waals surface area contributed by atoms with E-state index >= 15 is 0 Å². The molecule has 3 rings (SSSR count). The molecule has 1 aromatic heterocycles. The lowest BCUT2D eigenvalue weighted by Crippen LogP contribution is -2.36. The number of anilines is 2. The van der Waals surface area contributed by atoms with Crippen LogP contribution in [0.1, 0.15) is 5.56 Å². The Labute approximate surface area is 112 Å². The van der Waals surface area contributed by atoms with Crippen molar-refractivity contribution >= 4 is 22.4 Å². The van der Waals surface area contributed by atoms with Crippen molar-refractivity contribution in [1.29, 1.82) is 0 Å². The number of nitrogens with zero attached hydrogens (tertiary/aromatic N) is 2. The van der Waals surface area contributed by atoms with Crippen LogP contribution in [0.15, 0.2) is 24.3 Å². The van der Waals surface area contributed by atoms with Crippen molar-refractivity contribution in [3.63, 3.8) is 0 Å². The van der Waals surface area contributed by atoms with E-state index in [1.54, 1.807) is 0 Å². The molecule has 0 spiro atoms. The van der Waals surface area contributed by atoms with Crippen LogP contribution in [-0.2, 0) is 4.74 Å². The summed E-state index contributed by atoms with van der Waals surface area (Å²) in [5.74, 6) is 6.18. The van der Waals surface area contributed by atoms with E-state index in [0.717, 1.165) is 48.6 Å². The Morgan fingerprint density at radius 1 is 1.26 bits per heavy atom. The molecule has 0 amide bonds. The lowest BCUT2D eigenvalue weighted by atomic mass is 10.1. The predicted octanol–water partition coefficient (Wildman–Crippen LogP) is 1.67. The maximum atomic E-state index is 5.45. The summed E-state index contributed by atoms with van der Waals surface area (Å²) in [4.78, 5) is 6.84. The molecule has 2 heterocycles. The number of ether oxygens (including phenoxy) is 1. The number of nitrogen functional groups attached to an aromatic ring is 1. The number of nitrogens with two attached hydrogens (primary N) is 1. The summed E-state index contributed by atoms with van der Waals surface area (Å²) in [7, 11) is 0. The number of hydrogen-bond acceptors (Lipinski definition) is 5. The SMILES string of the molecule is Cc1cc2cc(N3CCOCC3)ccc2nc1NN. The van der Waals surface area contributed by atoms with Crippen molar-refractivity contribution in [2.75, 3.05) is 36.6 Å². The van der Waals surface area contributed by atoms with Gasteiger partial charge in [0.1, 0.15) is 5.82 Å². The van der Waals surface area contributed by atoms with Gasteiger partial charge in [-0.05, 0) is 36.8 Å². The first-order chi connectivity index (χ1) is 9.28. The van der Waals surface area contributed by atoms with Gasteiger partial charge in [0.2, 0.25) is 0 Å². The molecule has 1 saturated heterocycles. The number of morpholine rings is 1. The molecule has 0 aliphatic carbocycles. The highest BCUT2D eigenvalue weighted by molar-refractivity contribution is 5.85. The predicted molar refractivity (Wildman–Crippen MR) is 77.3 cm³/mol. The monoisotopic (exact) mass is 258 g/mol. The number of aryl methyl sites for hydroxylation is 1. The van der Waals surface area contributed by atoms with E-state index < -0.39 is 0 Å². The third-order valence-corrected chi connectivity index (χ3v) is 3.50. The van der Waals surface area contributed by atoms with Crippen molar-refractivity contribution in [3.05, 3.63) is 29.8 Å². The van der Waals surface area contributed by atoms with E-state index in [1.807, 2.05) is 13.0 Å². The lowest BCUT2D eigenvalue weighted by Gasteiger charge is -2.29. The number of hydrazine groups is 1. The highest BCUT2D eigenvalue weighted by Gasteiger charge is 2.12. The summed E-state index contributed by atoms with van der Waals surface area (Å²) in [6.45, 7) is 5.49. The summed E-state index contributed by atoms with van der Waals surface area (Å²) >= 11 is 0. The van der Waals surface area contributed by atoms with Crippen molar-refractivity contribution < 1.29 is 4.74 Å². The molecular weight excluding hydrogens is 240 g/mol. The van der Waals surface area contributed by atoms with Gasteiger partial charge in [-0.2, -0.15) is 0 Å². The number of pyridine rings is 1. The normalized spacial score (nSPS) is 15.8. The summed E-state index contributed by atoms with van der Waals surface area (Å²) in [5.41, 5.74) is 5.86. The third-order valence-electron chi connectivity index (χ3n) is 3.50. The van der Waals surface area contributed by atoms with Gasteiger partial charge in [0.05, 0.1) is 18.7 Å². The quantitative estimate of drug-likeness (QED) is 0.633. The molecule has 3 N–H and O–H groups in total. The Kier molecular flexibility index (Phi) is 3.23. The lowest BCUT2D eigenvalue weighted by molar-refractivity contribution is 0.122. The fraction of sp³-hybridized carbons (Fsp3) is 0.357. The van der Waals surface area contributed by atoms with Crippen LogP contribution >= 0.6 is 0 Å². The molecule has 0 radical (unpaired) electrons. The second kappa shape index (κ2) is 5.03. The highest BCUT2D eigenvalue weighted by Crippen LogP contribution is 2.25. The molecule has 0 saturated carbocycles. The number of benzene rings is 1. The minimum Gasteiger partial charge on any atom is -0.378 e. The first-order valence-electron chi connectivity index (χ1n) is 6.48. The van der Waals surface area contributed by atoms with Crippen molar-refractivity contribution in [3.8, 4) is 0 Å². The minimum absolute atomic E-state index is 0.728. The van der Waals surface area contributed by atoms with Crippen LogP contribution in [0.3, 0.4) is 0 Å². The fourth-order valence-electron chi connectivity index (χ4n) is 2.43. The summed E-state index contributed by atoms with van der Waals surface area (Å²) in [6.07, 6.45) is 0. The summed E-state index contributed by atoms with van der Waals surface area (Å²) in [6, 6.07) is 8.44. The molecule has 1 aliphatic rings. The van der Waals surface area contributed by atoms with Crippen molar-refractivity contribution in [1.82, 2.24) is 4.98 Å². The topological polar surface area (TPSA) is 63.4 Å². The van der Waals surface area contributed by atoms with E-state index in [2.05, 4.69) is 33.5 Å². The van der Waals surface area contributed by atoms with Gasteiger partial charge >= 0.3 is 0 Å². The van der Waals surface area contributed by atoms with Crippen LogP contribution < -0.4 is 16.2 Å². The second-order valence-electron chi connectivity index (χ2n) is 4.77. The second-order valence-corrected chi connectivity index (χ2v) is 4.77. The molecule has 1 fully saturated rings. The summed E-state index contributed by atoms with van der Waals surface area (Å²) in [5, 5.41) is 1.14. The average molecular weight is 258 g/mol. The Morgan fingerprint density at radius 3 is 2.79 bits per heavy atom. The highest BCUT2D eigenvalue weighted by atomic mass is 16.5. The molecule has 2 aromatic rings. The molecule has 0 atom stereocenters. The Hall–Kier alpha value is -1.85. The largest absolute Gasteiger partial charge is 0.378 e. The van der Waals surface area contributed by atoms with E-state index in [9.17, 15) is 0 Å². The average Bonchev–Trinajstić information content (AvgIpc) is 2.47. The van der Waals surface area contributed by atoms with Gasteiger partial charge in [-0.1, -0.05) is 0 Å². The number of nitrogens with one attached hydrogen (secondary N) is 1. The molecule has 5 nitrogen and oxygen atoms in total. The standard InChI is InChI=1S/C14H18N4O/c1-10-8-11-9-12(18-4-6-19-7-5-18)2-3-13(11)16-14(10)17-15/h2-3,8-9H,4-7,15H2,1H3,(H,16,17). The van der Waals surface area contributed by atoms with Crippen LogP contribution in [0.4, 0.5) is 11.5 Å². The molecule has 1 aliphatic heterocycles. The first kappa shape index (κ1) is 12.2. The van der Waals surface area contributed by atoms with Crippen molar-refractivity contribution in [2.45, 2.75) is 6.92 Å². The number of fused-ring (bicyclic) bond motifs is 1. The Balaban J connectivity index is 2.00. The smallest absolute Gasteiger partial charge is 0.143 e. The zero-order valence-electron chi connectivity index (χ0n) is 11.0. The molecule has 1 aromatic carbocycles. The molecule has 19 heavy (non-hydrogen) atoms.